The molecule has 1 atom stereocenters. The first-order valence-corrected chi connectivity index (χ1v) is 8.46. The number of rotatable bonds is 5. The van der Waals surface area contributed by atoms with Crippen LogP contribution in [0.2, 0.25) is 0 Å². The second kappa shape index (κ2) is 8.36. The number of hydrogen-bond acceptors (Lipinski definition) is 4. The third kappa shape index (κ3) is 5.41. The molecule has 27 heavy (non-hydrogen) atoms. The predicted octanol–water partition coefficient (Wildman–Crippen LogP) is 2.04. The summed E-state index contributed by atoms with van der Waals surface area (Å²) in [6.07, 6.45) is -2.44. The van der Waals surface area contributed by atoms with Gasteiger partial charge in [0.25, 0.3) is 5.91 Å². The van der Waals surface area contributed by atoms with Crippen molar-refractivity contribution in [3.63, 3.8) is 0 Å². The molecule has 0 saturated carbocycles. The second-order valence-corrected chi connectivity index (χ2v) is 6.29. The van der Waals surface area contributed by atoms with E-state index in [0.29, 0.717) is 19.4 Å². The number of carbonyl (C=O) groups is 3. The van der Waals surface area contributed by atoms with E-state index < -0.39 is 36.4 Å². The van der Waals surface area contributed by atoms with Gasteiger partial charge in [-0.05, 0) is 31.9 Å². The summed E-state index contributed by atoms with van der Waals surface area (Å²) in [4.78, 5) is 42.0. The van der Waals surface area contributed by atoms with Crippen LogP contribution in [0.5, 0.6) is 0 Å². The van der Waals surface area contributed by atoms with E-state index in [2.05, 4.69) is 4.98 Å². The van der Waals surface area contributed by atoms with E-state index in [-0.39, 0.29) is 24.3 Å². The third-order valence-electron chi connectivity index (χ3n) is 4.35. The number of amides is 2. The average Bonchev–Trinajstić information content (AvgIpc) is 2.64. The lowest BCUT2D eigenvalue weighted by Crippen LogP contribution is -2.48. The first-order chi connectivity index (χ1) is 12.6. The van der Waals surface area contributed by atoms with E-state index in [1.165, 1.54) is 24.1 Å². The number of aromatic nitrogens is 1. The molecular formula is C17H20F3N3O4. The van der Waals surface area contributed by atoms with Crippen LogP contribution >= 0.6 is 0 Å². The summed E-state index contributed by atoms with van der Waals surface area (Å²) in [5, 5.41) is 9.00. The minimum atomic E-state index is -4.49. The third-order valence-corrected chi connectivity index (χ3v) is 4.35. The lowest BCUT2D eigenvalue weighted by atomic mass is 9.96. The highest BCUT2D eigenvalue weighted by molar-refractivity contribution is 5.96. The summed E-state index contributed by atoms with van der Waals surface area (Å²) in [5.41, 5.74) is -0.175. The molecule has 1 saturated heterocycles. The predicted molar refractivity (Wildman–Crippen MR) is 88.1 cm³/mol. The molecule has 10 heteroatoms. The average molecular weight is 387 g/mol. The first kappa shape index (κ1) is 20.7. The van der Waals surface area contributed by atoms with Crippen molar-refractivity contribution >= 4 is 17.8 Å². The van der Waals surface area contributed by atoms with Gasteiger partial charge >= 0.3 is 12.1 Å². The molecule has 1 aromatic heterocycles. The van der Waals surface area contributed by atoms with Gasteiger partial charge in [-0.1, -0.05) is 0 Å². The van der Waals surface area contributed by atoms with E-state index in [1.807, 2.05) is 0 Å². The molecule has 7 nitrogen and oxygen atoms in total. The zero-order valence-electron chi connectivity index (χ0n) is 14.7. The zero-order chi connectivity index (χ0) is 20.2. The van der Waals surface area contributed by atoms with Crippen molar-refractivity contribution in [1.29, 1.82) is 0 Å². The van der Waals surface area contributed by atoms with Gasteiger partial charge in [-0.25, -0.2) is 4.79 Å². The Kier molecular flexibility index (Phi) is 6.40. The molecule has 1 aliphatic heterocycles. The molecule has 2 heterocycles. The Labute approximate surface area is 153 Å². The van der Waals surface area contributed by atoms with Crippen LogP contribution in [0, 0.1) is 5.92 Å². The number of likely N-dealkylation sites (tertiary alicyclic amines) is 1. The standard InChI is InChI=1S/C17H20F3N3O4/c1-2-22(10-17(18,19)20)14(24)12-4-3-7-23(9-12)15(25)13-8-11(16(26)27)5-6-21-13/h5-6,8,12H,2-4,7,9-10H2,1H3,(H,26,27). The molecular weight excluding hydrogens is 367 g/mol. The molecule has 1 aliphatic rings. The Balaban J connectivity index is 2.10. The number of carboxylic acids is 1. The maximum absolute atomic E-state index is 12.6. The molecule has 0 aromatic carbocycles. The van der Waals surface area contributed by atoms with Gasteiger partial charge in [0.1, 0.15) is 12.2 Å². The molecule has 0 aliphatic carbocycles. The Hall–Kier alpha value is -2.65. The lowest BCUT2D eigenvalue weighted by Gasteiger charge is -2.34. The quantitative estimate of drug-likeness (QED) is 0.835. The van der Waals surface area contributed by atoms with Crippen LogP contribution in [0.4, 0.5) is 13.2 Å². The Morgan fingerprint density at radius 3 is 2.67 bits per heavy atom. The van der Waals surface area contributed by atoms with Gasteiger partial charge in [0.2, 0.25) is 5.91 Å². The van der Waals surface area contributed by atoms with Gasteiger partial charge in [0, 0.05) is 25.8 Å². The summed E-state index contributed by atoms with van der Waals surface area (Å²) >= 11 is 0. The monoisotopic (exact) mass is 387 g/mol. The van der Waals surface area contributed by atoms with Gasteiger partial charge in [-0.2, -0.15) is 13.2 Å². The molecule has 0 bridgehead atoms. The molecule has 1 unspecified atom stereocenters. The van der Waals surface area contributed by atoms with Crippen LogP contribution in [0.25, 0.3) is 0 Å². The zero-order valence-corrected chi connectivity index (χ0v) is 14.7. The van der Waals surface area contributed by atoms with Crippen LogP contribution in [-0.2, 0) is 4.79 Å². The molecule has 2 amide bonds. The fraction of sp³-hybridized carbons (Fsp3) is 0.529. The highest BCUT2D eigenvalue weighted by atomic mass is 19.4. The number of hydrogen-bond donors (Lipinski definition) is 1. The number of aromatic carboxylic acids is 1. The fourth-order valence-electron chi connectivity index (χ4n) is 3.03. The molecule has 1 N–H and O–H groups in total. The fourth-order valence-corrected chi connectivity index (χ4v) is 3.03. The van der Waals surface area contributed by atoms with E-state index in [1.54, 1.807) is 0 Å². The van der Waals surface area contributed by atoms with E-state index >= 15 is 0 Å². The van der Waals surface area contributed by atoms with Gasteiger partial charge < -0.3 is 14.9 Å². The molecule has 1 aromatic rings. The van der Waals surface area contributed by atoms with Crippen molar-refractivity contribution in [2.75, 3.05) is 26.2 Å². The largest absolute Gasteiger partial charge is 0.478 e. The van der Waals surface area contributed by atoms with E-state index in [4.69, 9.17) is 5.11 Å². The van der Waals surface area contributed by atoms with Crippen LogP contribution in [0.15, 0.2) is 18.3 Å². The molecule has 148 valence electrons. The number of alkyl halides is 3. The maximum atomic E-state index is 12.6. The van der Waals surface area contributed by atoms with Gasteiger partial charge in [-0.3, -0.25) is 14.6 Å². The van der Waals surface area contributed by atoms with Crippen molar-refractivity contribution < 1.29 is 32.7 Å². The Morgan fingerprint density at radius 2 is 2.07 bits per heavy atom. The topological polar surface area (TPSA) is 90.8 Å². The van der Waals surface area contributed by atoms with Crippen LogP contribution in [-0.4, -0.2) is 70.0 Å². The molecule has 0 spiro atoms. The summed E-state index contributed by atoms with van der Waals surface area (Å²) < 4.78 is 37.9. The highest BCUT2D eigenvalue weighted by Gasteiger charge is 2.37. The minimum absolute atomic E-state index is 0.0228. The van der Waals surface area contributed by atoms with E-state index in [0.717, 1.165) is 11.0 Å². The van der Waals surface area contributed by atoms with Crippen molar-refractivity contribution in [2.24, 2.45) is 5.92 Å². The van der Waals surface area contributed by atoms with Crippen LogP contribution in [0.1, 0.15) is 40.6 Å². The van der Waals surface area contributed by atoms with Crippen LogP contribution in [0.3, 0.4) is 0 Å². The lowest BCUT2D eigenvalue weighted by molar-refractivity contribution is -0.164. The smallest absolute Gasteiger partial charge is 0.406 e. The molecule has 2 rings (SSSR count). The van der Waals surface area contributed by atoms with Crippen molar-refractivity contribution in [3.8, 4) is 0 Å². The number of nitrogens with zero attached hydrogens (tertiary/aromatic N) is 3. The Bertz CT molecular complexity index is 724. The van der Waals surface area contributed by atoms with Gasteiger partial charge in [0.15, 0.2) is 0 Å². The SMILES string of the molecule is CCN(CC(F)(F)F)C(=O)C1CCCN(C(=O)c2cc(C(=O)O)ccn2)C1. The minimum Gasteiger partial charge on any atom is -0.478 e. The van der Waals surface area contributed by atoms with Gasteiger partial charge in [0.05, 0.1) is 11.5 Å². The Morgan fingerprint density at radius 1 is 1.37 bits per heavy atom. The second-order valence-electron chi connectivity index (χ2n) is 6.29. The van der Waals surface area contributed by atoms with Crippen molar-refractivity contribution in [2.45, 2.75) is 25.9 Å². The molecule has 1 fully saturated rings. The summed E-state index contributed by atoms with van der Waals surface area (Å²) in [6, 6.07) is 2.38. The number of carbonyl (C=O) groups excluding carboxylic acids is 2. The molecule has 0 radical (unpaired) electrons. The summed E-state index contributed by atoms with van der Waals surface area (Å²) in [5.74, 6) is -3.12. The van der Waals surface area contributed by atoms with Crippen LogP contribution < -0.4 is 0 Å². The number of halogens is 3. The number of piperidine rings is 1. The number of carboxylic acid groups (broad SMARTS) is 1. The normalized spacial score (nSPS) is 17.5. The summed E-state index contributed by atoms with van der Waals surface area (Å²) in [6.45, 7) is 0.370. The first-order valence-electron chi connectivity index (χ1n) is 8.46. The maximum Gasteiger partial charge on any atom is 0.406 e. The van der Waals surface area contributed by atoms with Gasteiger partial charge in [-0.15, -0.1) is 0 Å². The van der Waals surface area contributed by atoms with E-state index in [9.17, 15) is 27.6 Å². The van der Waals surface area contributed by atoms with Crippen molar-refractivity contribution in [1.82, 2.24) is 14.8 Å². The van der Waals surface area contributed by atoms with Crippen molar-refractivity contribution in [3.05, 3.63) is 29.6 Å². The number of pyridine rings is 1. The highest BCUT2D eigenvalue weighted by Crippen LogP contribution is 2.23. The summed E-state index contributed by atoms with van der Waals surface area (Å²) in [7, 11) is 0.